The van der Waals surface area contributed by atoms with Gasteiger partial charge in [0, 0.05) is 27.6 Å². The molecule has 34 heavy (non-hydrogen) atoms. The molecular formula is C26H31ClN2O5. The number of rotatable bonds is 9. The van der Waals surface area contributed by atoms with Gasteiger partial charge in [0.05, 0.1) is 5.56 Å². The van der Waals surface area contributed by atoms with E-state index >= 15 is 0 Å². The van der Waals surface area contributed by atoms with E-state index in [-0.39, 0.29) is 35.4 Å². The Morgan fingerprint density at radius 1 is 1.18 bits per heavy atom. The van der Waals surface area contributed by atoms with Gasteiger partial charge < -0.3 is 20.5 Å². The second-order valence-corrected chi connectivity index (χ2v) is 9.94. The van der Waals surface area contributed by atoms with Crippen LogP contribution in [0.5, 0.6) is 5.75 Å². The normalized spacial score (nSPS) is 19.3. The number of aliphatic carboxylic acids is 1. The van der Waals surface area contributed by atoms with Crippen LogP contribution in [-0.2, 0) is 9.59 Å². The second kappa shape index (κ2) is 9.92. The minimum atomic E-state index is -1.45. The SMILES string of the molecule is CCC(C)(NC(=O)c1cc(Cl)c2ccccc2c1OC(C(=O)C1CC1)C1CCNCC1)C(=O)O. The van der Waals surface area contributed by atoms with E-state index < -0.39 is 23.5 Å². The molecule has 2 fully saturated rings. The van der Waals surface area contributed by atoms with E-state index in [1.165, 1.54) is 13.0 Å². The molecular weight excluding hydrogens is 456 g/mol. The minimum absolute atomic E-state index is 0.00567. The van der Waals surface area contributed by atoms with Crippen LogP contribution in [0.1, 0.15) is 56.3 Å². The van der Waals surface area contributed by atoms with Gasteiger partial charge in [-0.05, 0) is 58.2 Å². The summed E-state index contributed by atoms with van der Waals surface area (Å²) in [5.41, 5.74) is -1.32. The summed E-state index contributed by atoms with van der Waals surface area (Å²) in [6, 6.07) is 8.82. The molecule has 2 aromatic rings. The fraction of sp³-hybridized carbons (Fsp3) is 0.500. The van der Waals surface area contributed by atoms with Gasteiger partial charge >= 0.3 is 5.97 Å². The van der Waals surface area contributed by atoms with Crippen LogP contribution in [0.15, 0.2) is 30.3 Å². The standard InChI is InChI=1S/C26H31ClN2O5/c1-3-26(2,25(32)33)29-24(31)19-14-20(27)17-6-4-5-7-18(17)23(19)34-22(21(30)15-8-9-15)16-10-12-28-13-11-16/h4-7,14-16,22,28H,3,8-13H2,1-2H3,(H,29,31)(H,32,33). The summed E-state index contributed by atoms with van der Waals surface area (Å²) in [6.07, 6.45) is 2.88. The number of benzene rings is 2. The van der Waals surface area contributed by atoms with Gasteiger partial charge in [-0.3, -0.25) is 9.59 Å². The van der Waals surface area contributed by atoms with Crippen molar-refractivity contribution in [3.63, 3.8) is 0 Å². The molecule has 0 aromatic heterocycles. The predicted molar refractivity (Wildman–Crippen MR) is 130 cm³/mol. The number of Topliss-reactive ketones (excluding diaryl/α,β-unsaturated/α-hetero) is 1. The highest BCUT2D eigenvalue weighted by atomic mass is 35.5. The highest BCUT2D eigenvalue weighted by Crippen LogP contribution is 2.40. The number of carbonyl (C=O) groups is 3. The molecule has 2 unspecified atom stereocenters. The molecule has 1 heterocycles. The van der Waals surface area contributed by atoms with Crippen molar-refractivity contribution in [3.8, 4) is 5.75 Å². The predicted octanol–water partition coefficient (Wildman–Crippen LogP) is 4.20. The van der Waals surface area contributed by atoms with E-state index in [2.05, 4.69) is 10.6 Å². The number of carboxylic acids is 1. The van der Waals surface area contributed by atoms with Crippen LogP contribution in [0.4, 0.5) is 0 Å². The van der Waals surface area contributed by atoms with Crippen molar-refractivity contribution in [2.24, 2.45) is 11.8 Å². The molecule has 182 valence electrons. The van der Waals surface area contributed by atoms with Crippen LogP contribution in [0.3, 0.4) is 0 Å². The van der Waals surface area contributed by atoms with Crippen molar-refractivity contribution < 1.29 is 24.2 Å². The van der Waals surface area contributed by atoms with Gasteiger partial charge in [0.1, 0.15) is 11.3 Å². The number of fused-ring (bicyclic) bond motifs is 1. The quantitative estimate of drug-likeness (QED) is 0.490. The molecule has 1 aliphatic heterocycles. The first-order valence-corrected chi connectivity index (χ1v) is 12.3. The average Bonchev–Trinajstić information content (AvgIpc) is 3.69. The Labute approximate surface area is 204 Å². The van der Waals surface area contributed by atoms with Crippen LogP contribution in [-0.4, -0.2) is 47.5 Å². The Morgan fingerprint density at radius 3 is 2.41 bits per heavy atom. The largest absolute Gasteiger partial charge is 0.481 e. The fourth-order valence-electron chi connectivity index (χ4n) is 4.47. The summed E-state index contributed by atoms with van der Waals surface area (Å²) < 4.78 is 6.50. The number of amides is 1. The Bertz CT molecular complexity index is 1110. The van der Waals surface area contributed by atoms with Crippen molar-refractivity contribution in [1.82, 2.24) is 10.6 Å². The Kier molecular flexibility index (Phi) is 7.14. The zero-order chi connectivity index (χ0) is 24.5. The highest BCUT2D eigenvalue weighted by molar-refractivity contribution is 6.36. The number of piperidine rings is 1. The summed E-state index contributed by atoms with van der Waals surface area (Å²) in [5.74, 6) is -1.32. The molecule has 2 aromatic carbocycles. The molecule has 1 amide bonds. The molecule has 1 aliphatic carbocycles. The molecule has 0 bridgehead atoms. The third-order valence-electron chi connectivity index (χ3n) is 7.07. The molecule has 7 nitrogen and oxygen atoms in total. The van der Waals surface area contributed by atoms with Gasteiger partial charge in [0.25, 0.3) is 5.91 Å². The summed E-state index contributed by atoms with van der Waals surface area (Å²) in [7, 11) is 0. The van der Waals surface area contributed by atoms with Gasteiger partial charge in [0.2, 0.25) is 0 Å². The van der Waals surface area contributed by atoms with Crippen LogP contribution >= 0.6 is 11.6 Å². The van der Waals surface area contributed by atoms with Gasteiger partial charge in [0.15, 0.2) is 11.9 Å². The summed E-state index contributed by atoms with van der Waals surface area (Å²) >= 11 is 6.53. The Balaban J connectivity index is 1.79. The summed E-state index contributed by atoms with van der Waals surface area (Å²) in [5, 5.41) is 17.3. The first-order valence-electron chi connectivity index (χ1n) is 11.9. The lowest BCUT2D eigenvalue weighted by Crippen LogP contribution is -2.51. The van der Waals surface area contributed by atoms with Crippen molar-refractivity contribution >= 4 is 40.0 Å². The minimum Gasteiger partial charge on any atom is -0.481 e. The number of hydrogen-bond acceptors (Lipinski definition) is 5. The number of halogens is 1. The molecule has 3 N–H and O–H groups in total. The zero-order valence-corrected chi connectivity index (χ0v) is 20.3. The Morgan fingerprint density at radius 2 is 1.82 bits per heavy atom. The summed E-state index contributed by atoms with van der Waals surface area (Å²) in [4.78, 5) is 38.5. The van der Waals surface area contributed by atoms with E-state index in [0.29, 0.717) is 15.8 Å². The summed E-state index contributed by atoms with van der Waals surface area (Å²) in [6.45, 7) is 4.78. The monoisotopic (exact) mass is 486 g/mol. The number of hydrogen-bond donors (Lipinski definition) is 3. The van der Waals surface area contributed by atoms with Crippen LogP contribution in [0.2, 0.25) is 5.02 Å². The van der Waals surface area contributed by atoms with Crippen LogP contribution in [0.25, 0.3) is 10.8 Å². The molecule has 2 atom stereocenters. The lowest BCUT2D eigenvalue weighted by molar-refractivity contribution is -0.143. The third kappa shape index (κ3) is 4.91. The zero-order valence-electron chi connectivity index (χ0n) is 19.5. The van der Waals surface area contributed by atoms with Gasteiger partial charge in [-0.1, -0.05) is 42.8 Å². The van der Waals surface area contributed by atoms with Crippen LogP contribution < -0.4 is 15.4 Å². The van der Waals surface area contributed by atoms with Crippen molar-refractivity contribution in [2.75, 3.05) is 13.1 Å². The maximum atomic E-state index is 13.4. The van der Waals surface area contributed by atoms with Crippen LogP contribution in [0, 0.1) is 11.8 Å². The number of ketones is 1. The molecule has 1 saturated carbocycles. The van der Waals surface area contributed by atoms with E-state index in [4.69, 9.17) is 16.3 Å². The molecule has 4 rings (SSSR count). The first kappa shape index (κ1) is 24.5. The lowest BCUT2D eigenvalue weighted by Gasteiger charge is -2.31. The van der Waals surface area contributed by atoms with E-state index in [1.807, 2.05) is 24.3 Å². The molecule has 8 heteroatoms. The van der Waals surface area contributed by atoms with Crippen molar-refractivity contribution in [2.45, 2.75) is 57.6 Å². The number of carbonyl (C=O) groups excluding carboxylic acids is 2. The second-order valence-electron chi connectivity index (χ2n) is 9.53. The van der Waals surface area contributed by atoms with Crippen molar-refractivity contribution in [1.29, 1.82) is 0 Å². The third-order valence-corrected chi connectivity index (χ3v) is 7.39. The first-order chi connectivity index (χ1) is 16.2. The van der Waals surface area contributed by atoms with E-state index in [9.17, 15) is 19.5 Å². The number of nitrogens with one attached hydrogen (secondary N) is 2. The van der Waals surface area contributed by atoms with Gasteiger partial charge in [-0.2, -0.15) is 0 Å². The highest BCUT2D eigenvalue weighted by Gasteiger charge is 2.41. The average molecular weight is 487 g/mol. The van der Waals surface area contributed by atoms with E-state index in [0.717, 1.165) is 38.8 Å². The number of carboxylic acid groups (broad SMARTS) is 1. The smallest absolute Gasteiger partial charge is 0.329 e. The molecule has 0 radical (unpaired) electrons. The molecule has 0 spiro atoms. The fourth-order valence-corrected chi connectivity index (χ4v) is 4.75. The van der Waals surface area contributed by atoms with Gasteiger partial charge in [-0.15, -0.1) is 0 Å². The maximum absolute atomic E-state index is 13.4. The topological polar surface area (TPSA) is 105 Å². The maximum Gasteiger partial charge on any atom is 0.329 e. The van der Waals surface area contributed by atoms with Crippen molar-refractivity contribution in [3.05, 3.63) is 40.9 Å². The Hall–Kier alpha value is -2.64. The van der Waals surface area contributed by atoms with E-state index in [1.54, 1.807) is 6.92 Å². The number of ether oxygens (including phenoxy) is 1. The molecule has 1 saturated heterocycles. The van der Waals surface area contributed by atoms with Gasteiger partial charge in [-0.25, -0.2) is 4.79 Å². The lowest BCUT2D eigenvalue weighted by atomic mass is 9.88. The molecule has 2 aliphatic rings.